The molecule has 1 saturated heterocycles. The van der Waals surface area contributed by atoms with Crippen molar-refractivity contribution in [1.82, 2.24) is 4.90 Å². The molecule has 1 unspecified atom stereocenters. The first-order valence-electron chi connectivity index (χ1n) is 7.63. The molecule has 100 valence electrons. The van der Waals surface area contributed by atoms with E-state index >= 15 is 0 Å². The number of hydrogen-bond donors (Lipinski definition) is 0. The van der Waals surface area contributed by atoms with Crippen molar-refractivity contribution >= 4 is 21.8 Å². The predicted molar refractivity (Wildman–Crippen MR) is 74.4 cm³/mol. The molecule has 5 fully saturated rings. The number of likely N-dealkylation sites (tertiary alicyclic amines) is 1. The molecule has 1 aliphatic heterocycles. The molecule has 0 aromatic carbocycles. The molecule has 0 aromatic rings. The molecule has 4 aliphatic carbocycles. The second-order valence-corrected chi connectivity index (χ2v) is 8.42. The molecule has 1 atom stereocenters. The van der Waals surface area contributed by atoms with Crippen LogP contribution in [-0.2, 0) is 4.79 Å². The predicted octanol–water partition coefficient (Wildman–Crippen LogP) is 3.05. The highest BCUT2D eigenvalue weighted by molar-refractivity contribution is 9.09. The van der Waals surface area contributed by atoms with E-state index in [-0.39, 0.29) is 0 Å². The number of hydrogen-bond acceptors (Lipinski definition) is 1. The highest BCUT2D eigenvalue weighted by Gasteiger charge is 2.51. The number of halogens is 1. The van der Waals surface area contributed by atoms with Crippen LogP contribution in [0, 0.1) is 29.6 Å². The molecule has 5 rings (SSSR count). The quantitative estimate of drug-likeness (QED) is 0.682. The zero-order chi connectivity index (χ0) is 12.3. The molecule has 5 aliphatic rings. The van der Waals surface area contributed by atoms with E-state index in [0.29, 0.717) is 16.7 Å². The van der Waals surface area contributed by atoms with Crippen LogP contribution in [0.15, 0.2) is 0 Å². The van der Waals surface area contributed by atoms with Gasteiger partial charge in [-0.1, -0.05) is 15.9 Å². The molecule has 4 bridgehead atoms. The second-order valence-electron chi connectivity index (χ2n) is 7.13. The number of amides is 1. The minimum absolute atomic E-state index is 0.399. The van der Waals surface area contributed by atoms with Crippen LogP contribution >= 0.6 is 15.9 Å². The Hall–Kier alpha value is -0.0500. The number of rotatable bonds is 1. The summed E-state index contributed by atoms with van der Waals surface area (Å²) in [4.78, 5) is 15.5. The van der Waals surface area contributed by atoms with Crippen LogP contribution in [0.3, 0.4) is 0 Å². The monoisotopic (exact) mass is 311 g/mol. The zero-order valence-electron chi connectivity index (χ0n) is 10.9. The molecule has 0 spiro atoms. The van der Waals surface area contributed by atoms with E-state index in [2.05, 4.69) is 20.8 Å². The van der Waals surface area contributed by atoms with E-state index in [4.69, 9.17) is 0 Å². The first-order valence-corrected chi connectivity index (χ1v) is 8.55. The molecule has 18 heavy (non-hydrogen) atoms. The Morgan fingerprint density at radius 3 is 2.11 bits per heavy atom. The molecule has 3 heteroatoms. The molecule has 1 heterocycles. The van der Waals surface area contributed by atoms with Crippen molar-refractivity contribution < 1.29 is 4.79 Å². The van der Waals surface area contributed by atoms with Crippen molar-refractivity contribution in [3.63, 3.8) is 0 Å². The third-order valence-corrected chi connectivity index (χ3v) is 6.70. The standard InChI is InChI=1S/C15H22BrNO/c16-13-1-2-17(8-13)15(18)14-11-4-9-3-10(6-11)7-12(14)5-9/h9-14H,1-8H2. The van der Waals surface area contributed by atoms with Crippen molar-refractivity contribution in [3.05, 3.63) is 0 Å². The summed E-state index contributed by atoms with van der Waals surface area (Å²) in [5.74, 6) is 4.32. The fourth-order valence-electron chi connectivity index (χ4n) is 5.46. The Morgan fingerprint density at radius 2 is 1.61 bits per heavy atom. The summed E-state index contributed by atoms with van der Waals surface area (Å²) in [7, 11) is 0. The summed E-state index contributed by atoms with van der Waals surface area (Å²) in [6, 6.07) is 0. The summed E-state index contributed by atoms with van der Waals surface area (Å²) < 4.78 is 0. The van der Waals surface area contributed by atoms with E-state index in [1.807, 2.05) is 0 Å². The van der Waals surface area contributed by atoms with Gasteiger partial charge < -0.3 is 4.90 Å². The third kappa shape index (κ3) is 1.76. The van der Waals surface area contributed by atoms with Crippen molar-refractivity contribution in [2.24, 2.45) is 29.6 Å². The molecular formula is C15H22BrNO. The Morgan fingerprint density at radius 1 is 1.00 bits per heavy atom. The van der Waals surface area contributed by atoms with Gasteiger partial charge in [0.05, 0.1) is 0 Å². The largest absolute Gasteiger partial charge is 0.341 e. The topological polar surface area (TPSA) is 20.3 Å². The SMILES string of the molecule is O=C(C1C2CC3CC(C2)CC1C3)N1CCC(Br)C1. The lowest BCUT2D eigenvalue weighted by Gasteiger charge is -2.54. The Kier molecular flexibility index (Phi) is 2.76. The smallest absolute Gasteiger partial charge is 0.226 e. The molecule has 0 radical (unpaired) electrons. The van der Waals surface area contributed by atoms with E-state index in [9.17, 15) is 4.79 Å². The molecule has 0 aromatic heterocycles. The van der Waals surface area contributed by atoms with Gasteiger partial charge in [-0.05, 0) is 62.2 Å². The van der Waals surface area contributed by atoms with Gasteiger partial charge in [-0.2, -0.15) is 0 Å². The van der Waals surface area contributed by atoms with Crippen molar-refractivity contribution in [3.8, 4) is 0 Å². The van der Waals surface area contributed by atoms with E-state index < -0.39 is 0 Å². The maximum atomic E-state index is 12.8. The van der Waals surface area contributed by atoms with Gasteiger partial charge >= 0.3 is 0 Å². The van der Waals surface area contributed by atoms with Gasteiger partial charge in [-0.25, -0.2) is 0 Å². The van der Waals surface area contributed by atoms with Crippen molar-refractivity contribution in [2.45, 2.75) is 43.4 Å². The maximum absolute atomic E-state index is 12.8. The minimum atomic E-state index is 0.399. The summed E-state index contributed by atoms with van der Waals surface area (Å²) in [5, 5.41) is 0. The maximum Gasteiger partial charge on any atom is 0.226 e. The molecule has 2 nitrogen and oxygen atoms in total. The number of nitrogens with zero attached hydrogens (tertiary/aromatic N) is 1. The summed E-state index contributed by atoms with van der Waals surface area (Å²) in [6.45, 7) is 1.93. The highest BCUT2D eigenvalue weighted by atomic mass is 79.9. The van der Waals surface area contributed by atoms with Gasteiger partial charge in [0.2, 0.25) is 5.91 Å². The van der Waals surface area contributed by atoms with Crippen molar-refractivity contribution in [1.29, 1.82) is 0 Å². The Labute approximate surface area is 118 Å². The number of carbonyl (C=O) groups excluding carboxylic acids is 1. The lowest BCUT2D eigenvalue weighted by atomic mass is 9.51. The average molecular weight is 312 g/mol. The van der Waals surface area contributed by atoms with Crippen molar-refractivity contribution in [2.75, 3.05) is 13.1 Å². The molecular weight excluding hydrogens is 290 g/mol. The van der Waals surface area contributed by atoms with Crippen LogP contribution in [0.1, 0.15) is 38.5 Å². The number of alkyl halides is 1. The highest BCUT2D eigenvalue weighted by Crippen LogP contribution is 2.57. The summed E-state index contributed by atoms with van der Waals surface area (Å²) >= 11 is 3.66. The van der Waals surface area contributed by atoms with Crippen LogP contribution < -0.4 is 0 Å². The van der Waals surface area contributed by atoms with Gasteiger partial charge in [0.1, 0.15) is 0 Å². The number of carbonyl (C=O) groups is 1. The van der Waals surface area contributed by atoms with E-state index in [1.54, 1.807) is 0 Å². The molecule has 0 N–H and O–H groups in total. The van der Waals surface area contributed by atoms with E-state index in [0.717, 1.165) is 43.2 Å². The lowest BCUT2D eigenvalue weighted by molar-refractivity contribution is -0.147. The first-order chi connectivity index (χ1) is 8.70. The third-order valence-electron chi connectivity index (χ3n) is 5.95. The average Bonchev–Trinajstić information content (AvgIpc) is 2.74. The van der Waals surface area contributed by atoms with Gasteiger partial charge in [0.25, 0.3) is 0 Å². The fourth-order valence-corrected chi connectivity index (χ4v) is 6.01. The van der Waals surface area contributed by atoms with Crippen LogP contribution in [0.2, 0.25) is 0 Å². The minimum Gasteiger partial charge on any atom is -0.341 e. The normalized spacial score (nSPS) is 49.9. The summed E-state index contributed by atoms with van der Waals surface area (Å²) in [5.41, 5.74) is 0. The Bertz CT molecular complexity index is 342. The summed E-state index contributed by atoms with van der Waals surface area (Å²) in [6.07, 6.45) is 8.04. The molecule has 1 amide bonds. The second kappa shape index (κ2) is 4.22. The zero-order valence-corrected chi connectivity index (χ0v) is 12.4. The first kappa shape index (κ1) is 11.7. The fraction of sp³-hybridized carbons (Fsp3) is 0.933. The van der Waals surface area contributed by atoms with Crippen LogP contribution in [0.5, 0.6) is 0 Å². The molecule has 4 saturated carbocycles. The van der Waals surface area contributed by atoms with Crippen LogP contribution in [0.25, 0.3) is 0 Å². The van der Waals surface area contributed by atoms with Crippen LogP contribution in [-0.4, -0.2) is 28.7 Å². The van der Waals surface area contributed by atoms with Crippen LogP contribution in [0.4, 0.5) is 0 Å². The van der Waals surface area contributed by atoms with Gasteiger partial charge in [-0.15, -0.1) is 0 Å². The lowest BCUT2D eigenvalue weighted by Crippen LogP contribution is -2.51. The Balaban J connectivity index is 1.52. The van der Waals surface area contributed by atoms with E-state index in [1.165, 1.54) is 32.1 Å². The van der Waals surface area contributed by atoms with Gasteiger partial charge in [0, 0.05) is 23.8 Å². The van der Waals surface area contributed by atoms with Gasteiger partial charge in [0.15, 0.2) is 0 Å². The van der Waals surface area contributed by atoms with Gasteiger partial charge in [-0.3, -0.25) is 4.79 Å².